The number of benzene rings is 1. The Morgan fingerprint density at radius 1 is 1.07 bits per heavy atom. The van der Waals surface area contributed by atoms with E-state index < -0.39 is 10.0 Å². The number of pyridine rings is 1. The van der Waals surface area contributed by atoms with Gasteiger partial charge in [0.15, 0.2) is 0 Å². The van der Waals surface area contributed by atoms with Crippen LogP contribution in [0.1, 0.15) is 5.69 Å². The third kappa shape index (κ3) is 2.92. The fraction of sp³-hybridized carbons (Fsp3) is 0.158. The van der Waals surface area contributed by atoms with Crippen molar-refractivity contribution < 1.29 is 8.42 Å². The van der Waals surface area contributed by atoms with Crippen molar-refractivity contribution in [1.82, 2.24) is 24.1 Å². The van der Waals surface area contributed by atoms with E-state index in [0.717, 1.165) is 33.5 Å². The summed E-state index contributed by atoms with van der Waals surface area (Å²) in [7, 11) is -0.396. The molecule has 0 fully saturated rings. The maximum absolute atomic E-state index is 12.2. The zero-order valence-corrected chi connectivity index (χ0v) is 16.0. The third-order valence-corrected chi connectivity index (χ3v) is 6.36. The summed E-state index contributed by atoms with van der Waals surface area (Å²) in [6.45, 7) is 1.94. The molecule has 3 aromatic heterocycles. The van der Waals surface area contributed by atoms with Gasteiger partial charge in [-0.15, -0.1) is 0 Å². The van der Waals surface area contributed by atoms with E-state index >= 15 is 0 Å². The van der Waals surface area contributed by atoms with Crippen LogP contribution in [0.2, 0.25) is 0 Å². The van der Waals surface area contributed by atoms with Crippen LogP contribution < -0.4 is 0 Å². The number of hydrogen-bond acceptors (Lipinski definition) is 4. The minimum absolute atomic E-state index is 0.268. The van der Waals surface area contributed by atoms with Gasteiger partial charge in [0.2, 0.25) is 10.0 Å². The van der Waals surface area contributed by atoms with E-state index in [1.165, 1.54) is 18.4 Å². The number of aromatic nitrogens is 4. The largest absolute Gasteiger partial charge is 0.346 e. The van der Waals surface area contributed by atoms with E-state index in [-0.39, 0.29) is 4.90 Å². The normalized spacial score (nSPS) is 12.1. The van der Waals surface area contributed by atoms with E-state index in [2.05, 4.69) is 15.1 Å². The van der Waals surface area contributed by atoms with Crippen LogP contribution in [0.3, 0.4) is 0 Å². The summed E-state index contributed by atoms with van der Waals surface area (Å²) < 4.78 is 27.5. The Morgan fingerprint density at radius 2 is 1.81 bits per heavy atom. The van der Waals surface area contributed by atoms with Crippen molar-refractivity contribution in [3.63, 3.8) is 0 Å². The smallest absolute Gasteiger partial charge is 0.242 e. The fourth-order valence-corrected chi connectivity index (χ4v) is 3.93. The second-order valence-corrected chi connectivity index (χ2v) is 8.61. The minimum Gasteiger partial charge on any atom is -0.346 e. The molecule has 1 aromatic carbocycles. The van der Waals surface area contributed by atoms with Gasteiger partial charge in [-0.3, -0.25) is 0 Å². The molecule has 7 nitrogen and oxygen atoms in total. The van der Waals surface area contributed by atoms with Crippen LogP contribution in [0.15, 0.2) is 59.9 Å². The lowest BCUT2D eigenvalue weighted by Gasteiger charge is -2.11. The number of H-pyrrole nitrogens is 1. The molecular weight excluding hydrogens is 362 g/mol. The molecule has 138 valence electrons. The molecule has 0 saturated carbocycles. The Kier molecular flexibility index (Phi) is 4.09. The Morgan fingerprint density at radius 3 is 2.52 bits per heavy atom. The molecule has 4 aromatic rings. The summed E-state index contributed by atoms with van der Waals surface area (Å²) in [5.41, 5.74) is 4.46. The number of rotatable bonds is 4. The first-order valence-corrected chi connectivity index (χ1v) is 9.83. The van der Waals surface area contributed by atoms with Crippen LogP contribution in [0, 0.1) is 6.92 Å². The highest BCUT2D eigenvalue weighted by Gasteiger charge is 2.17. The van der Waals surface area contributed by atoms with Gasteiger partial charge in [-0.1, -0.05) is 12.1 Å². The maximum atomic E-state index is 12.2. The standard InChI is InChI=1S/C19H19N5O2S/c1-13-17(14-4-6-15(7-5-14)27(25,26)23(2)3)12-24(22-13)18-9-11-21-19-16(18)8-10-20-19/h4-12H,1-3H3,(H,20,21). The summed E-state index contributed by atoms with van der Waals surface area (Å²) in [5.74, 6) is 0. The summed E-state index contributed by atoms with van der Waals surface area (Å²) >= 11 is 0. The molecule has 8 heteroatoms. The van der Waals surface area contributed by atoms with Crippen molar-refractivity contribution in [2.75, 3.05) is 14.1 Å². The van der Waals surface area contributed by atoms with Crippen molar-refractivity contribution in [2.45, 2.75) is 11.8 Å². The van der Waals surface area contributed by atoms with Crippen LogP contribution >= 0.6 is 0 Å². The lowest BCUT2D eigenvalue weighted by atomic mass is 10.1. The van der Waals surface area contributed by atoms with Crippen LogP contribution in [0.25, 0.3) is 27.8 Å². The van der Waals surface area contributed by atoms with E-state index in [0.29, 0.717) is 0 Å². The molecular formula is C19H19N5O2S. The van der Waals surface area contributed by atoms with Crippen LogP contribution in [-0.2, 0) is 10.0 Å². The number of nitrogens with one attached hydrogen (secondary N) is 1. The monoisotopic (exact) mass is 381 g/mol. The fourth-order valence-electron chi connectivity index (χ4n) is 3.03. The second-order valence-electron chi connectivity index (χ2n) is 6.45. The number of nitrogens with zero attached hydrogens (tertiary/aromatic N) is 4. The van der Waals surface area contributed by atoms with E-state index in [1.807, 2.05) is 48.3 Å². The molecule has 0 unspecified atom stereocenters. The molecule has 0 atom stereocenters. The molecule has 0 saturated heterocycles. The van der Waals surface area contributed by atoms with Gasteiger partial charge < -0.3 is 4.98 Å². The summed E-state index contributed by atoms with van der Waals surface area (Å²) in [6.07, 6.45) is 5.54. The van der Waals surface area contributed by atoms with Crippen molar-refractivity contribution >= 4 is 21.1 Å². The molecule has 4 rings (SSSR count). The Labute approximate surface area is 157 Å². The first-order valence-electron chi connectivity index (χ1n) is 8.39. The van der Waals surface area contributed by atoms with E-state index in [1.54, 1.807) is 18.3 Å². The molecule has 0 radical (unpaired) electrons. The van der Waals surface area contributed by atoms with Gasteiger partial charge in [-0.2, -0.15) is 5.10 Å². The summed E-state index contributed by atoms with van der Waals surface area (Å²) in [4.78, 5) is 7.67. The van der Waals surface area contributed by atoms with Crippen molar-refractivity contribution in [2.24, 2.45) is 0 Å². The van der Waals surface area contributed by atoms with Gasteiger partial charge in [0, 0.05) is 43.6 Å². The van der Waals surface area contributed by atoms with Crippen LogP contribution in [0.4, 0.5) is 0 Å². The zero-order valence-electron chi connectivity index (χ0n) is 15.2. The summed E-state index contributed by atoms with van der Waals surface area (Å²) in [6, 6.07) is 10.7. The topological polar surface area (TPSA) is 83.9 Å². The molecule has 0 bridgehead atoms. The third-order valence-electron chi connectivity index (χ3n) is 4.53. The SMILES string of the molecule is Cc1nn(-c2ccnc3[nH]ccc23)cc1-c1ccc(S(=O)(=O)N(C)C)cc1. The van der Waals surface area contributed by atoms with Crippen LogP contribution in [0.5, 0.6) is 0 Å². The average Bonchev–Trinajstić information content (AvgIpc) is 3.28. The van der Waals surface area contributed by atoms with Gasteiger partial charge in [0.05, 0.1) is 16.3 Å². The lowest BCUT2D eigenvalue weighted by Crippen LogP contribution is -2.22. The van der Waals surface area contributed by atoms with Gasteiger partial charge in [-0.05, 0) is 36.8 Å². The average molecular weight is 381 g/mol. The maximum Gasteiger partial charge on any atom is 0.242 e. The molecule has 0 aliphatic heterocycles. The predicted molar refractivity (Wildman–Crippen MR) is 104 cm³/mol. The minimum atomic E-state index is -3.44. The van der Waals surface area contributed by atoms with Crippen molar-refractivity contribution in [3.05, 3.63) is 60.7 Å². The number of hydrogen-bond donors (Lipinski definition) is 1. The van der Waals surface area contributed by atoms with Gasteiger partial charge in [0.25, 0.3) is 0 Å². The van der Waals surface area contributed by atoms with E-state index in [4.69, 9.17) is 0 Å². The molecule has 1 N–H and O–H groups in total. The number of sulfonamides is 1. The second kappa shape index (κ2) is 6.33. The zero-order chi connectivity index (χ0) is 19.2. The number of fused-ring (bicyclic) bond motifs is 1. The molecule has 3 heterocycles. The highest BCUT2D eigenvalue weighted by atomic mass is 32.2. The Balaban J connectivity index is 1.75. The first kappa shape index (κ1) is 17.4. The molecule has 0 amide bonds. The quantitative estimate of drug-likeness (QED) is 0.589. The van der Waals surface area contributed by atoms with Gasteiger partial charge in [-0.25, -0.2) is 22.4 Å². The summed E-state index contributed by atoms with van der Waals surface area (Å²) in [5, 5.41) is 5.62. The van der Waals surface area contributed by atoms with E-state index in [9.17, 15) is 8.42 Å². The van der Waals surface area contributed by atoms with Crippen LogP contribution in [-0.4, -0.2) is 46.6 Å². The predicted octanol–water partition coefficient (Wildman–Crippen LogP) is 2.97. The first-order chi connectivity index (χ1) is 12.9. The van der Waals surface area contributed by atoms with Crippen molar-refractivity contribution in [1.29, 1.82) is 0 Å². The molecule has 27 heavy (non-hydrogen) atoms. The molecule has 0 aliphatic carbocycles. The number of aromatic amines is 1. The molecule has 0 spiro atoms. The number of aryl methyl sites for hydroxylation is 1. The van der Waals surface area contributed by atoms with Gasteiger partial charge in [0.1, 0.15) is 5.65 Å². The van der Waals surface area contributed by atoms with Crippen molar-refractivity contribution in [3.8, 4) is 16.8 Å². The highest BCUT2D eigenvalue weighted by molar-refractivity contribution is 7.89. The molecule has 0 aliphatic rings. The Hall–Kier alpha value is -2.97. The van der Waals surface area contributed by atoms with Gasteiger partial charge >= 0.3 is 0 Å². The lowest BCUT2D eigenvalue weighted by molar-refractivity contribution is 0.521. The highest BCUT2D eigenvalue weighted by Crippen LogP contribution is 2.27. The Bertz CT molecular complexity index is 1220.